The van der Waals surface area contributed by atoms with E-state index in [9.17, 15) is 4.79 Å². The van der Waals surface area contributed by atoms with Gasteiger partial charge in [0.1, 0.15) is 0 Å². The van der Waals surface area contributed by atoms with E-state index in [1.165, 1.54) is 16.9 Å². The number of hydrogen-bond donors (Lipinski definition) is 0. The number of aromatic nitrogens is 1. The maximum Gasteiger partial charge on any atom is 0.357 e. The van der Waals surface area contributed by atoms with Crippen LogP contribution < -0.4 is 4.90 Å². The summed E-state index contributed by atoms with van der Waals surface area (Å²) in [6.45, 7) is 3.02. The lowest BCUT2D eigenvalue weighted by Gasteiger charge is -2.15. The highest BCUT2D eigenvalue weighted by Crippen LogP contribution is 2.20. The molecule has 1 aromatic carbocycles. The van der Waals surface area contributed by atoms with E-state index in [1.807, 2.05) is 25.2 Å². The number of carbonyl (C=O) groups is 1. The highest BCUT2D eigenvalue weighted by molar-refractivity contribution is 7.13. The molecule has 0 aliphatic rings. The Labute approximate surface area is 123 Å². The summed E-state index contributed by atoms with van der Waals surface area (Å²) in [5.41, 5.74) is 1.68. The Hall–Kier alpha value is -1.88. The zero-order valence-electron chi connectivity index (χ0n) is 11.7. The maximum atomic E-state index is 11.6. The first kappa shape index (κ1) is 14.5. The number of benzene rings is 1. The Kier molecular flexibility index (Phi) is 5.12. The smallest absolute Gasteiger partial charge is 0.357 e. The van der Waals surface area contributed by atoms with Crippen LogP contribution in [0.15, 0.2) is 35.7 Å². The number of nitrogens with zero attached hydrogens (tertiary/aromatic N) is 2. The van der Waals surface area contributed by atoms with Gasteiger partial charge < -0.3 is 9.64 Å². The fourth-order valence-corrected chi connectivity index (χ4v) is 2.56. The molecule has 0 atom stereocenters. The van der Waals surface area contributed by atoms with Crippen molar-refractivity contribution in [1.82, 2.24) is 4.98 Å². The summed E-state index contributed by atoms with van der Waals surface area (Å²) >= 11 is 1.46. The van der Waals surface area contributed by atoms with E-state index < -0.39 is 0 Å². The Balaban J connectivity index is 1.92. The van der Waals surface area contributed by atoms with Gasteiger partial charge in [-0.3, -0.25) is 0 Å². The zero-order valence-corrected chi connectivity index (χ0v) is 12.5. The molecule has 5 heteroatoms. The molecule has 1 aromatic heterocycles. The molecule has 2 rings (SSSR count). The molecule has 0 aliphatic heterocycles. The average Bonchev–Trinajstić information content (AvgIpc) is 2.96. The first-order valence-electron chi connectivity index (χ1n) is 6.58. The number of carbonyl (C=O) groups excluding carboxylic acids is 1. The fourth-order valence-electron chi connectivity index (χ4n) is 1.78. The Morgan fingerprint density at radius 3 is 2.80 bits per heavy atom. The number of likely N-dealkylation sites (N-methyl/N-ethyl adjacent to an activating group) is 1. The van der Waals surface area contributed by atoms with E-state index in [-0.39, 0.29) is 5.97 Å². The van der Waals surface area contributed by atoms with E-state index in [2.05, 4.69) is 22.0 Å². The molecule has 0 spiro atoms. The zero-order chi connectivity index (χ0) is 14.4. The molecule has 20 heavy (non-hydrogen) atoms. The van der Waals surface area contributed by atoms with Crippen LogP contribution in [0.25, 0.3) is 0 Å². The fraction of sp³-hybridized carbons (Fsp3) is 0.333. The summed E-state index contributed by atoms with van der Waals surface area (Å²) in [7, 11) is 1.98. The molecule has 1 heterocycles. The molecule has 0 saturated carbocycles. The van der Waals surface area contributed by atoms with Gasteiger partial charge in [-0.1, -0.05) is 30.3 Å². The number of ether oxygens (including phenoxy) is 1. The molecule has 0 N–H and O–H groups in total. The predicted octanol–water partition coefficient (Wildman–Crippen LogP) is 3.00. The molecule has 0 aliphatic carbocycles. The van der Waals surface area contributed by atoms with Crippen LogP contribution >= 0.6 is 11.3 Å². The SMILES string of the molecule is CCOC(=O)c1csc(N(C)CCc2ccccc2)n1. The lowest BCUT2D eigenvalue weighted by molar-refractivity contribution is 0.0520. The van der Waals surface area contributed by atoms with Crippen LogP contribution in [0.3, 0.4) is 0 Å². The van der Waals surface area contributed by atoms with Gasteiger partial charge in [-0.05, 0) is 18.9 Å². The van der Waals surface area contributed by atoms with Crippen LogP contribution in [-0.4, -0.2) is 31.2 Å². The quantitative estimate of drug-likeness (QED) is 0.767. The first-order valence-corrected chi connectivity index (χ1v) is 7.46. The summed E-state index contributed by atoms with van der Waals surface area (Å²) in [4.78, 5) is 17.9. The van der Waals surface area contributed by atoms with Gasteiger partial charge in [0.05, 0.1) is 6.61 Å². The normalized spacial score (nSPS) is 10.3. The van der Waals surface area contributed by atoms with Gasteiger partial charge in [-0.25, -0.2) is 9.78 Å². The summed E-state index contributed by atoms with van der Waals surface area (Å²) in [6.07, 6.45) is 0.950. The minimum absolute atomic E-state index is 0.355. The lowest BCUT2D eigenvalue weighted by atomic mass is 10.1. The highest BCUT2D eigenvalue weighted by atomic mass is 32.1. The molecule has 0 radical (unpaired) electrons. The molecule has 0 fully saturated rings. The van der Waals surface area contributed by atoms with Crippen LogP contribution in [0.2, 0.25) is 0 Å². The largest absolute Gasteiger partial charge is 0.461 e. The minimum Gasteiger partial charge on any atom is -0.461 e. The number of rotatable bonds is 6. The monoisotopic (exact) mass is 290 g/mol. The average molecular weight is 290 g/mol. The van der Waals surface area contributed by atoms with E-state index >= 15 is 0 Å². The third-order valence-corrected chi connectivity index (χ3v) is 3.84. The summed E-state index contributed by atoms with van der Waals surface area (Å²) in [5.74, 6) is -0.355. The lowest BCUT2D eigenvalue weighted by Crippen LogP contribution is -2.20. The molecule has 0 saturated heterocycles. The van der Waals surface area contributed by atoms with Crippen molar-refractivity contribution < 1.29 is 9.53 Å². The van der Waals surface area contributed by atoms with Crippen molar-refractivity contribution in [2.75, 3.05) is 25.1 Å². The van der Waals surface area contributed by atoms with Crippen LogP contribution in [0, 0.1) is 0 Å². The standard InChI is InChI=1S/C15H18N2O2S/c1-3-19-14(18)13-11-20-15(16-13)17(2)10-9-12-7-5-4-6-8-12/h4-8,11H,3,9-10H2,1-2H3. The summed E-state index contributed by atoms with van der Waals surface area (Å²) in [6, 6.07) is 10.3. The van der Waals surface area contributed by atoms with Crippen LogP contribution in [0.4, 0.5) is 5.13 Å². The molecule has 0 unspecified atom stereocenters. The third-order valence-electron chi connectivity index (χ3n) is 2.88. The summed E-state index contributed by atoms with van der Waals surface area (Å²) < 4.78 is 4.94. The number of anilines is 1. The van der Waals surface area contributed by atoms with Crippen LogP contribution in [-0.2, 0) is 11.2 Å². The van der Waals surface area contributed by atoms with Crippen molar-refractivity contribution >= 4 is 22.4 Å². The van der Waals surface area contributed by atoms with Crippen molar-refractivity contribution in [2.24, 2.45) is 0 Å². The van der Waals surface area contributed by atoms with Crippen molar-refractivity contribution in [3.8, 4) is 0 Å². The highest BCUT2D eigenvalue weighted by Gasteiger charge is 2.13. The molecular weight excluding hydrogens is 272 g/mol. The van der Waals surface area contributed by atoms with Gasteiger partial charge in [0.25, 0.3) is 0 Å². The molecular formula is C15H18N2O2S. The Morgan fingerprint density at radius 2 is 2.10 bits per heavy atom. The third kappa shape index (κ3) is 3.81. The second kappa shape index (κ2) is 7.05. The van der Waals surface area contributed by atoms with Crippen molar-refractivity contribution in [2.45, 2.75) is 13.3 Å². The number of thiazole rings is 1. The minimum atomic E-state index is -0.355. The van der Waals surface area contributed by atoms with Crippen molar-refractivity contribution in [3.63, 3.8) is 0 Å². The van der Waals surface area contributed by atoms with Gasteiger partial charge in [-0.2, -0.15) is 0 Å². The maximum absolute atomic E-state index is 11.6. The molecule has 4 nitrogen and oxygen atoms in total. The topological polar surface area (TPSA) is 42.4 Å². The van der Waals surface area contributed by atoms with Crippen LogP contribution in [0.1, 0.15) is 23.0 Å². The second-order valence-electron chi connectivity index (χ2n) is 4.39. The number of esters is 1. The van der Waals surface area contributed by atoms with Crippen LogP contribution in [0.5, 0.6) is 0 Å². The Morgan fingerprint density at radius 1 is 1.35 bits per heavy atom. The first-order chi connectivity index (χ1) is 9.70. The van der Waals surface area contributed by atoms with E-state index in [4.69, 9.17) is 4.74 Å². The second-order valence-corrected chi connectivity index (χ2v) is 5.23. The van der Waals surface area contributed by atoms with Crippen molar-refractivity contribution in [3.05, 3.63) is 47.0 Å². The van der Waals surface area contributed by atoms with Gasteiger partial charge in [-0.15, -0.1) is 11.3 Å². The predicted molar refractivity (Wildman–Crippen MR) is 81.5 cm³/mol. The summed E-state index contributed by atoms with van der Waals surface area (Å²) in [5, 5.41) is 2.58. The van der Waals surface area contributed by atoms with E-state index in [0.29, 0.717) is 12.3 Å². The Bertz CT molecular complexity index is 554. The number of hydrogen-bond acceptors (Lipinski definition) is 5. The molecule has 106 valence electrons. The van der Waals surface area contributed by atoms with Gasteiger partial charge in [0, 0.05) is 19.0 Å². The molecule has 0 bridgehead atoms. The van der Waals surface area contributed by atoms with Gasteiger partial charge in [0.2, 0.25) is 0 Å². The van der Waals surface area contributed by atoms with E-state index in [0.717, 1.165) is 18.1 Å². The molecule has 2 aromatic rings. The van der Waals surface area contributed by atoms with Gasteiger partial charge in [0.15, 0.2) is 10.8 Å². The van der Waals surface area contributed by atoms with E-state index in [1.54, 1.807) is 12.3 Å². The molecule has 0 amide bonds. The van der Waals surface area contributed by atoms with Crippen molar-refractivity contribution in [1.29, 1.82) is 0 Å². The van der Waals surface area contributed by atoms with Gasteiger partial charge >= 0.3 is 5.97 Å².